The van der Waals surface area contributed by atoms with Crippen molar-refractivity contribution in [2.45, 2.75) is 38.6 Å². The zero-order chi connectivity index (χ0) is 10.4. The first-order valence-electron chi connectivity index (χ1n) is 5.90. The van der Waals surface area contributed by atoms with Crippen molar-refractivity contribution in [2.24, 2.45) is 0 Å². The Morgan fingerprint density at radius 3 is 2.21 bits per heavy atom. The van der Waals surface area contributed by atoms with Crippen LogP contribution in [0.2, 0.25) is 0 Å². The van der Waals surface area contributed by atoms with Crippen LogP contribution in [0.5, 0.6) is 0 Å². The molecular weight excluding hydrogens is 190 g/mol. The molecule has 0 spiro atoms. The highest BCUT2D eigenvalue weighted by Gasteiger charge is 2.23. The Morgan fingerprint density at radius 2 is 1.79 bits per heavy atom. The van der Waals surface area contributed by atoms with Crippen molar-refractivity contribution >= 4 is 9.12 Å². The molecular formula is C10H25N3Si. The fourth-order valence-corrected chi connectivity index (χ4v) is 4.05. The number of hydrogen-bond donors (Lipinski definition) is 2. The van der Waals surface area contributed by atoms with Gasteiger partial charge in [0.15, 0.2) is 9.12 Å². The molecule has 0 aromatic rings. The molecule has 0 aromatic carbocycles. The van der Waals surface area contributed by atoms with Crippen molar-refractivity contribution in [2.75, 3.05) is 26.8 Å². The molecule has 1 rings (SSSR count). The van der Waals surface area contributed by atoms with Gasteiger partial charge in [-0.2, -0.15) is 0 Å². The summed E-state index contributed by atoms with van der Waals surface area (Å²) < 4.78 is 0. The lowest BCUT2D eigenvalue weighted by molar-refractivity contribution is 0.239. The van der Waals surface area contributed by atoms with E-state index in [1.54, 1.807) is 0 Å². The average Bonchev–Trinajstić information content (AvgIpc) is 2.73. The Morgan fingerprint density at radius 1 is 1.21 bits per heavy atom. The maximum Gasteiger partial charge on any atom is 0.198 e. The molecule has 2 N–H and O–H groups in total. The van der Waals surface area contributed by atoms with E-state index < -0.39 is 9.12 Å². The van der Waals surface area contributed by atoms with Crippen LogP contribution in [-0.2, 0) is 0 Å². The minimum Gasteiger partial charge on any atom is -0.330 e. The number of hydrogen-bond acceptors (Lipinski definition) is 3. The summed E-state index contributed by atoms with van der Waals surface area (Å²) in [5.74, 6) is 0. The lowest BCUT2D eigenvalue weighted by Crippen LogP contribution is -2.54. The van der Waals surface area contributed by atoms with Gasteiger partial charge >= 0.3 is 0 Å². The lowest BCUT2D eigenvalue weighted by atomic mass is 10.2. The van der Waals surface area contributed by atoms with Gasteiger partial charge in [-0.25, -0.2) is 0 Å². The van der Waals surface area contributed by atoms with Gasteiger partial charge in [-0.15, -0.1) is 0 Å². The van der Waals surface area contributed by atoms with Crippen molar-refractivity contribution in [3.05, 3.63) is 0 Å². The monoisotopic (exact) mass is 215 g/mol. The van der Waals surface area contributed by atoms with Crippen LogP contribution in [0.4, 0.5) is 0 Å². The molecule has 0 amide bonds. The van der Waals surface area contributed by atoms with Gasteiger partial charge in [-0.1, -0.05) is 19.8 Å². The third-order valence-electron chi connectivity index (χ3n) is 3.36. The zero-order valence-electron chi connectivity index (χ0n) is 9.84. The maximum absolute atomic E-state index is 3.43. The van der Waals surface area contributed by atoms with Crippen molar-refractivity contribution in [3.63, 3.8) is 0 Å². The third kappa shape index (κ3) is 3.35. The summed E-state index contributed by atoms with van der Waals surface area (Å²) >= 11 is 0. The van der Waals surface area contributed by atoms with E-state index in [4.69, 9.17) is 0 Å². The number of nitrogens with zero attached hydrogens (tertiary/aromatic N) is 1. The molecule has 0 atom stereocenters. The summed E-state index contributed by atoms with van der Waals surface area (Å²) in [5.41, 5.74) is 0. The normalized spacial score (nSPS) is 18.6. The molecule has 0 bridgehead atoms. The molecule has 0 heterocycles. The molecule has 1 fully saturated rings. The molecule has 14 heavy (non-hydrogen) atoms. The van der Waals surface area contributed by atoms with E-state index in [0.717, 1.165) is 6.04 Å². The first kappa shape index (κ1) is 12.2. The topological polar surface area (TPSA) is 27.3 Å². The summed E-state index contributed by atoms with van der Waals surface area (Å²) in [6.45, 7) is 3.49. The molecule has 0 aromatic heterocycles. The van der Waals surface area contributed by atoms with Crippen LogP contribution in [-0.4, -0.2) is 46.9 Å². The second-order valence-electron chi connectivity index (χ2n) is 4.16. The van der Waals surface area contributed by atoms with Crippen LogP contribution in [0.1, 0.15) is 32.6 Å². The fraction of sp³-hybridized carbons (Fsp3) is 1.00. The van der Waals surface area contributed by atoms with Gasteiger partial charge < -0.3 is 14.9 Å². The number of nitrogens with one attached hydrogen (secondary N) is 2. The van der Waals surface area contributed by atoms with Crippen LogP contribution in [0.15, 0.2) is 0 Å². The Balaban J connectivity index is 2.36. The predicted molar refractivity (Wildman–Crippen MR) is 64.8 cm³/mol. The van der Waals surface area contributed by atoms with E-state index in [1.807, 2.05) is 0 Å². The van der Waals surface area contributed by atoms with Gasteiger partial charge in [0.25, 0.3) is 0 Å². The minimum atomic E-state index is -0.898. The van der Waals surface area contributed by atoms with Crippen LogP contribution in [0, 0.1) is 0 Å². The molecule has 1 aliphatic carbocycles. The highest BCUT2D eigenvalue weighted by atomic mass is 28.3. The first-order valence-corrected chi connectivity index (χ1v) is 7.87. The Labute approximate surface area is 90.0 Å². The summed E-state index contributed by atoms with van der Waals surface area (Å²) in [4.78, 5) is 9.52. The summed E-state index contributed by atoms with van der Waals surface area (Å²) in [6.07, 6.45) is 6.97. The van der Waals surface area contributed by atoms with Crippen LogP contribution in [0.3, 0.4) is 0 Å². The Bertz CT molecular complexity index is 144. The standard InChI is InChI=1S/C10H25N3Si/c1-4-13(9-14(11-2)12-3)10-7-5-6-8-10/h10-12,14H,4-9H2,1-3H3. The molecule has 1 aliphatic rings. The van der Waals surface area contributed by atoms with E-state index in [-0.39, 0.29) is 0 Å². The summed E-state index contributed by atoms with van der Waals surface area (Å²) in [5, 5.41) is 0. The highest BCUT2D eigenvalue weighted by Crippen LogP contribution is 2.22. The maximum atomic E-state index is 3.43. The smallest absolute Gasteiger partial charge is 0.198 e. The van der Waals surface area contributed by atoms with Gasteiger partial charge in [-0.05, 0) is 33.5 Å². The second-order valence-corrected chi connectivity index (χ2v) is 6.78. The molecule has 0 unspecified atom stereocenters. The van der Waals surface area contributed by atoms with E-state index in [0.29, 0.717) is 0 Å². The van der Waals surface area contributed by atoms with E-state index in [9.17, 15) is 0 Å². The summed E-state index contributed by atoms with van der Waals surface area (Å²) in [7, 11) is 3.26. The van der Waals surface area contributed by atoms with Crippen molar-refractivity contribution in [1.82, 2.24) is 14.9 Å². The SMILES string of the molecule is CCN(C[SiH](NC)NC)C1CCCC1. The molecule has 0 saturated heterocycles. The van der Waals surface area contributed by atoms with Crippen molar-refractivity contribution in [3.8, 4) is 0 Å². The molecule has 0 radical (unpaired) electrons. The zero-order valence-corrected chi connectivity index (χ0v) is 11.0. The van der Waals surface area contributed by atoms with Gasteiger partial charge in [0, 0.05) is 12.2 Å². The van der Waals surface area contributed by atoms with Gasteiger partial charge in [0.1, 0.15) is 0 Å². The molecule has 1 saturated carbocycles. The minimum absolute atomic E-state index is 0.872. The van der Waals surface area contributed by atoms with E-state index >= 15 is 0 Å². The van der Waals surface area contributed by atoms with Crippen LogP contribution >= 0.6 is 0 Å². The second kappa shape index (κ2) is 6.56. The fourth-order valence-electron chi connectivity index (χ4n) is 2.37. The van der Waals surface area contributed by atoms with Gasteiger partial charge in [0.2, 0.25) is 0 Å². The van der Waals surface area contributed by atoms with Gasteiger partial charge in [0.05, 0.1) is 0 Å². The van der Waals surface area contributed by atoms with E-state index in [2.05, 4.69) is 35.9 Å². The van der Waals surface area contributed by atoms with Crippen molar-refractivity contribution < 1.29 is 0 Å². The third-order valence-corrected chi connectivity index (χ3v) is 5.59. The average molecular weight is 215 g/mol. The Kier molecular flexibility index (Phi) is 5.70. The van der Waals surface area contributed by atoms with Crippen LogP contribution < -0.4 is 9.96 Å². The highest BCUT2D eigenvalue weighted by molar-refractivity contribution is 6.53. The van der Waals surface area contributed by atoms with Gasteiger partial charge in [-0.3, -0.25) is 0 Å². The molecule has 0 aliphatic heterocycles. The van der Waals surface area contributed by atoms with Crippen molar-refractivity contribution in [1.29, 1.82) is 0 Å². The van der Waals surface area contributed by atoms with Crippen LogP contribution in [0.25, 0.3) is 0 Å². The first-order chi connectivity index (χ1) is 6.81. The number of rotatable bonds is 6. The largest absolute Gasteiger partial charge is 0.330 e. The quantitative estimate of drug-likeness (QED) is 0.630. The summed E-state index contributed by atoms with van der Waals surface area (Å²) in [6, 6.07) is 0.872. The lowest BCUT2D eigenvalue weighted by Gasteiger charge is -2.30. The molecule has 3 nitrogen and oxygen atoms in total. The van der Waals surface area contributed by atoms with E-state index in [1.165, 1.54) is 38.4 Å². The Hall–Kier alpha value is 0.0969. The predicted octanol–water partition coefficient (Wildman–Crippen LogP) is 0.449. The molecule has 84 valence electrons. The molecule has 4 heteroatoms.